The Morgan fingerprint density at radius 2 is 1.73 bits per heavy atom. The Bertz CT molecular complexity index is 689. The molecule has 0 saturated carbocycles. The highest BCUT2D eigenvalue weighted by molar-refractivity contribution is 5.96. The van der Waals surface area contributed by atoms with Gasteiger partial charge in [0, 0.05) is 5.69 Å². The van der Waals surface area contributed by atoms with Crippen LogP contribution in [0.5, 0.6) is 5.75 Å². The summed E-state index contributed by atoms with van der Waals surface area (Å²) >= 11 is 0. The minimum Gasteiger partial charge on any atom is -0.507 e. The smallest absolute Gasteiger partial charge is 0.342 e. The summed E-state index contributed by atoms with van der Waals surface area (Å²) in [4.78, 5) is 23.6. The average molecular weight is 299 g/mol. The summed E-state index contributed by atoms with van der Waals surface area (Å²) in [5, 5.41) is 12.2. The van der Waals surface area contributed by atoms with Crippen LogP contribution >= 0.6 is 0 Å². The Balaban J connectivity index is 1.93. The van der Waals surface area contributed by atoms with Gasteiger partial charge in [-0.1, -0.05) is 18.2 Å². The molecular formula is C17H17NO4. The third-order valence-corrected chi connectivity index (χ3v) is 2.96. The van der Waals surface area contributed by atoms with Crippen LogP contribution in [-0.4, -0.2) is 23.6 Å². The van der Waals surface area contributed by atoms with Gasteiger partial charge in [0.2, 0.25) is 0 Å². The summed E-state index contributed by atoms with van der Waals surface area (Å²) in [6.07, 6.45) is 0. The van der Waals surface area contributed by atoms with Crippen molar-refractivity contribution in [2.75, 3.05) is 11.9 Å². The zero-order valence-electron chi connectivity index (χ0n) is 12.4. The van der Waals surface area contributed by atoms with Crippen LogP contribution in [0.15, 0.2) is 42.5 Å². The molecule has 5 heteroatoms. The number of nitrogens with one attached hydrogen (secondary N) is 1. The maximum absolute atomic E-state index is 11.8. The Morgan fingerprint density at radius 1 is 1.09 bits per heavy atom. The highest BCUT2D eigenvalue weighted by Gasteiger charge is 2.13. The number of carbonyl (C=O) groups excluding carboxylic acids is 2. The van der Waals surface area contributed by atoms with E-state index in [9.17, 15) is 14.7 Å². The fourth-order valence-electron chi connectivity index (χ4n) is 2.10. The van der Waals surface area contributed by atoms with E-state index in [2.05, 4.69) is 5.32 Å². The van der Waals surface area contributed by atoms with Crippen molar-refractivity contribution in [1.82, 2.24) is 0 Å². The Morgan fingerprint density at radius 3 is 2.36 bits per heavy atom. The number of para-hydroxylation sites is 1. The monoisotopic (exact) mass is 299 g/mol. The second-order valence-corrected chi connectivity index (χ2v) is 5.02. The first kappa shape index (κ1) is 15.6. The minimum atomic E-state index is -0.742. The molecule has 0 aliphatic rings. The first-order valence-electron chi connectivity index (χ1n) is 6.79. The molecule has 0 aliphatic carbocycles. The zero-order chi connectivity index (χ0) is 16.1. The topological polar surface area (TPSA) is 75.6 Å². The first-order valence-corrected chi connectivity index (χ1v) is 6.79. The third-order valence-electron chi connectivity index (χ3n) is 2.96. The normalized spacial score (nSPS) is 10.1. The van der Waals surface area contributed by atoms with Crippen LogP contribution in [0.25, 0.3) is 0 Å². The number of ether oxygens (including phenoxy) is 1. The van der Waals surface area contributed by atoms with Gasteiger partial charge in [-0.25, -0.2) is 4.79 Å². The quantitative estimate of drug-likeness (QED) is 0.851. The van der Waals surface area contributed by atoms with Gasteiger partial charge in [-0.2, -0.15) is 0 Å². The number of hydrogen-bond acceptors (Lipinski definition) is 4. The van der Waals surface area contributed by atoms with Crippen molar-refractivity contribution < 1.29 is 19.4 Å². The number of phenols is 1. The van der Waals surface area contributed by atoms with Crippen LogP contribution in [0.3, 0.4) is 0 Å². The van der Waals surface area contributed by atoms with Gasteiger partial charge >= 0.3 is 5.97 Å². The molecule has 114 valence electrons. The summed E-state index contributed by atoms with van der Waals surface area (Å²) in [6, 6.07) is 11.7. The molecule has 0 atom stereocenters. The standard InChI is InChI=1S/C17H17NO4/c1-11-7-12(2)9-13(8-11)18-16(20)10-22-17(21)14-5-3-4-6-15(14)19/h3-9,19H,10H2,1-2H3,(H,18,20). The molecule has 0 fully saturated rings. The molecule has 0 bridgehead atoms. The highest BCUT2D eigenvalue weighted by atomic mass is 16.5. The van der Waals surface area contributed by atoms with E-state index in [1.54, 1.807) is 12.1 Å². The molecule has 2 N–H and O–H groups in total. The van der Waals surface area contributed by atoms with Gasteiger partial charge in [0.05, 0.1) is 0 Å². The molecule has 0 heterocycles. The van der Waals surface area contributed by atoms with Gasteiger partial charge in [-0.05, 0) is 49.2 Å². The molecule has 0 unspecified atom stereocenters. The summed E-state index contributed by atoms with van der Waals surface area (Å²) in [6.45, 7) is 3.45. The largest absolute Gasteiger partial charge is 0.507 e. The Hall–Kier alpha value is -2.82. The third kappa shape index (κ3) is 4.09. The summed E-state index contributed by atoms with van der Waals surface area (Å²) in [5.41, 5.74) is 2.74. The number of aromatic hydroxyl groups is 1. The van der Waals surface area contributed by atoms with Crippen molar-refractivity contribution in [2.45, 2.75) is 13.8 Å². The molecule has 0 saturated heterocycles. The van der Waals surface area contributed by atoms with E-state index in [4.69, 9.17) is 4.74 Å². The lowest BCUT2D eigenvalue weighted by molar-refractivity contribution is -0.119. The van der Waals surface area contributed by atoms with Crippen LogP contribution in [0.2, 0.25) is 0 Å². The van der Waals surface area contributed by atoms with Gasteiger partial charge < -0.3 is 15.2 Å². The predicted octanol–water partition coefficient (Wildman–Crippen LogP) is 2.80. The van der Waals surface area contributed by atoms with Crippen LogP contribution < -0.4 is 5.32 Å². The number of benzene rings is 2. The average Bonchev–Trinajstić information content (AvgIpc) is 2.44. The van der Waals surface area contributed by atoms with Gasteiger partial charge in [0.25, 0.3) is 5.91 Å². The number of phenolic OH excluding ortho intramolecular Hbond substituents is 1. The maximum atomic E-state index is 11.8. The van der Waals surface area contributed by atoms with Crippen LogP contribution in [0.4, 0.5) is 5.69 Å². The lowest BCUT2D eigenvalue weighted by Crippen LogP contribution is -2.21. The molecule has 0 aromatic heterocycles. The predicted molar refractivity (Wildman–Crippen MR) is 82.9 cm³/mol. The van der Waals surface area contributed by atoms with Crippen LogP contribution in [0, 0.1) is 13.8 Å². The molecule has 1 amide bonds. The zero-order valence-corrected chi connectivity index (χ0v) is 12.4. The van der Waals surface area contributed by atoms with Crippen LogP contribution in [0.1, 0.15) is 21.5 Å². The van der Waals surface area contributed by atoms with E-state index in [1.165, 1.54) is 12.1 Å². The van der Waals surface area contributed by atoms with Gasteiger partial charge in [-0.15, -0.1) is 0 Å². The fraction of sp³-hybridized carbons (Fsp3) is 0.176. The lowest BCUT2D eigenvalue weighted by atomic mass is 10.1. The van der Waals surface area contributed by atoms with E-state index in [-0.39, 0.29) is 11.3 Å². The number of rotatable bonds is 4. The summed E-state index contributed by atoms with van der Waals surface area (Å²) < 4.78 is 4.89. The second kappa shape index (κ2) is 6.76. The molecule has 22 heavy (non-hydrogen) atoms. The number of hydrogen-bond donors (Lipinski definition) is 2. The summed E-state index contributed by atoms with van der Waals surface area (Å²) in [7, 11) is 0. The fourth-order valence-corrected chi connectivity index (χ4v) is 2.10. The van der Waals surface area contributed by atoms with Gasteiger partial charge in [-0.3, -0.25) is 4.79 Å². The number of aryl methyl sites for hydroxylation is 2. The molecule has 2 aromatic carbocycles. The van der Waals surface area contributed by atoms with E-state index >= 15 is 0 Å². The first-order chi connectivity index (χ1) is 10.5. The number of anilines is 1. The van der Waals surface area contributed by atoms with E-state index in [0.29, 0.717) is 5.69 Å². The lowest BCUT2D eigenvalue weighted by Gasteiger charge is -2.09. The Kier molecular flexibility index (Phi) is 4.78. The second-order valence-electron chi connectivity index (χ2n) is 5.02. The summed E-state index contributed by atoms with van der Waals surface area (Å²) in [5.74, 6) is -1.36. The SMILES string of the molecule is Cc1cc(C)cc(NC(=O)COC(=O)c2ccccc2O)c1. The van der Waals surface area contributed by atoms with Gasteiger partial charge in [0.15, 0.2) is 6.61 Å². The molecular weight excluding hydrogens is 282 g/mol. The molecule has 0 spiro atoms. The number of carbonyl (C=O) groups is 2. The maximum Gasteiger partial charge on any atom is 0.342 e. The van der Waals surface area contributed by atoms with Crippen molar-refractivity contribution in [3.05, 3.63) is 59.2 Å². The molecule has 5 nitrogen and oxygen atoms in total. The highest BCUT2D eigenvalue weighted by Crippen LogP contribution is 2.17. The molecule has 2 aromatic rings. The Labute approximate surface area is 128 Å². The molecule has 2 rings (SSSR count). The van der Waals surface area contributed by atoms with E-state index in [0.717, 1.165) is 11.1 Å². The van der Waals surface area contributed by atoms with Gasteiger partial charge in [0.1, 0.15) is 11.3 Å². The molecule has 0 radical (unpaired) electrons. The molecule has 0 aliphatic heterocycles. The van der Waals surface area contributed by atoms with Crippen molar-refractivity contribution in [2.24, 2.45) is 0 Å². The van der Waals surface area contributed by atoms with Crippen molar-refractivity contribution >= 4 is 17.6 Å². The van der Waals surface area contributed by atoms with E-state index in [1.807, 2.05) is 32.0 Å². The van der Waals surface area contributed by atoms with Crippen molar-refractivity contribution in [3.8, 4) is 5.75 Å². The van der Waals surface area contributed by atoms with E-state index < -0.39 is 18.5 Å². The number of amides is 1. The van der Waals surface area contributed by atoms with Crippen molar-refractivity contribution in [1.29, 1.82) is 0 Å². The van der Waals surface area contributed by atoms with Crippen molar-refractivity contribution in [3.63, 3.8) is 0 Å². The minimum absolute atomic E-state index is 0.0294. The van der Waals surface area contributed by atoms with Crippen LogP contribution in [-0.2, 0) is 9.53 Å². The number of esters is 1.